The lowest BCUT2D eigenvalue weighted by molar-refractivity contribution is -0.135. The van der Waals surface area contributed by atoms with Gasteiger partial charge in [0.25, 0.3) is 0 Å². The third-order valence-corrected chi connectivity index (χ3v) is 7.31. The van der Waals surface area contributed by atoms with Crippen molar-refractivity contribution in [2.45, 2.75) is 32.7 Å². The molecular weight excluding hydrogens is 486 g/mol. The molecule has 1 aliphatic heterocycles. The van der Waals surface area contributed by atoms with E-state index in [4.69, 9.17) is 4.74 Å². The van der Waals surface area contributed by atoms with Gasteiger partial charge in [-0.15, -0.1) is 0 Å². The summed E-state index contributed by atoms with van der Waals surface area (Å²) in [5, 5.41) is 0. The van der Waals surface area contributed by atoms with Crippen molar-refractivity contribution < 1.29 is 14.3 Å². The Labute approximate surface area is 233 Å². The molecule has 206 valence electrons. The Morgan fingerprint density at radius 2 is 1.38 bits per heavy atom. The highest BCUT2D eigenvalue weighted by Gasteiger charge is 2.28. The first-order valence-corrected chi connectivity index (χ1v) is 14.0. The zero-order valence-electron chi connectivity index (χ0n) is 23.5. The van der Waals surface area contributed by atoms with Crippen LogP contribution in [0.4, 0.5) is 0 Å². The first-order chi connectivity index (χ1) is 18.9. The maximum atomic E-state index is 13.2. The van der Waals surface area contributed by atoms with Crippen LogP contribution in [0.2, 0.25) is 0 Å². The van der Waals surface area contributed by atoms with Crippen molar-refractivity contribution in [2.75, 3.05) is 46.4 Å². The zero-order chi connectivity index (χ0) is 27.6. The molecule has 1 aliphatic rings. The number of ether oxygens (including phenoxy) is 1. The Balaban J connectivity index is 1.33. The highest BCUT2D eigenvalue weighted by atomic mass is 16.5. The van der Waals surface area contributed by atoms with Crippen LogP contribution < -0.4 is 4.74 Å². The van der Waals surface area contributed by atoms with Crippen LogP contribution >= 0.6 is 0 Å². The molecule has 39 heavy (non-hydrogen) atoms. The molecule has 4 rings (SSSR count). The van der Waals surface area contributed by atoms with E-state index in [0.29, 0.717) is 44.9 Å². The number of hydrogen-bond acceptors (Lipinski definition) is 4. The second kappa shape index (κ2) is 13.9. The number of carbonyl (C=O) groups excluding carboxylic acids is 2. The van der Waals surface area contributed by atoms with Crippen LogP contribution in [0, 0.1) is 5.92 Å². The summed E-state index contributed by atoms with van der Waals surface area (Å²) in [5.41, 5.74) is 3.48. The first kappa shape index (κ1) is 28.4. The standard InChI is InChI=1S/C33H41N3O3/c1-26(2)25-36(32(38)24-27-14-16-30(39-3)17-15-27)19-18-31(37)34-20-22-35(23-21-34)33(28-10-6-4-7-11-28)29-12-8-5-9-13-29/h4-17,26,33H,18-25H2,1-3H3. The predicted octanol–water partition coefficient (Wildman–Crippen LogP) is 5.05. The minimum absolute atomic E-state index is 0.0556. The van der Waals surface area contributed by atoms with Crippen LogP contribution in [-0.2, 0) is 16.0 Å². The average molecular weight is 528 g/mol. The molecule has 3 aromatic rings. The van der Waals surface area contributed by atoms with Gasteiger partial charge in [-0.05, 0) is 34.7 Å². The van der Waals surface area contributed by atoms with Gasteiger partial charge in [-0.25, -0.2) is 0 Å². The van der Waals surface area contributed by atoms with Crippen molar-refractivity contribution in [3.8, 4) is 5.75 Å². The Bertz CT molecular complexity index is 1130. The van der Waals surface area contributed by atoms with E-state index < -0.39 is 0 Å². The van der Waals surface area contributed by atoms with Crippen LogP contribution in [0.3, 0.4) is 0 Å². The summed E-state index contributed by atoms with van der Waals surface area (Å²) in [4.78, 5) is 32.6. The molecule has 0 unspecified atom stereocenters. The van der Waals surface area contributed by atoms with Gasteiger partial charge in [0, 0.05) is 45.7 Å². The van der Waals surface area contributed by atoms with E-state index in [1.807, 2.05) is 46.2 Å². The normalized spacial score (nSPS) is 14.0. The van der Waals surface area contributed by atoms with Crippen LogP contribution in [0.1, 0.15) is 43.0 Å². The topological polar surface area (TPSA) is 53.1 Å². The second-order valence-electron chi connectivity index (χ2n) is 10.6. The molecular formula is C33H41N3O3. The molecule has 0 N–H and O–H groups in total. The SMILES string of the molecule is COc1ccc(CC(=O)N(CCC(=O)N2CCN(C(c3ccccc3)c3ccccc3)CC2)CC(C)C)cc1. The maximum Gasteiger partial charge on any atom is 0.227 e. The van der Waals surface area contributed by atoms with E-state index >= 15 is 0 Å². The van der Waals surface area contributed by atoms with E-state index in [0.717, 1.165) is 24.4 Å². The number of nitrogens with zero attached hydrogens (tertiary/aromatic N) is 3. The molecule has 1 heterocycles. The molecule has 1 saturated heterocycles. The van der Waals surface area contributed by atoms with Crippen molar-refractivity contribution in [2.24, 2.45) is 5.92 Å². The molecule has 3 aromatic carbocycles. The summed E-state index contributed by atoms with van der Waals surface area (Å²) >= 11 is 0. The van der Waals surface area contributed by atoms with Crippen molar-refractivity contribution >= 4 is 11.8 Å². The van der Waals surface area contributed by atoms with Gasteiger partial charge < -0.3 is 14.5 Å². The van der Waals surface area contributed by atoms with Crippen molar-refractivity contribution in [3.63, 3.8) is 0 Å². The molecule has 1 fully saturated rings. The van der Waals surface area contributed by atoms with E-state index in [1.165, 1.54) is 11.1 Å². The van der Waals surface area contributed by atoms with Crippen molar-refractivity contribution in [3.05, 3.63) is 102 Å². The minimum atomic E-state index is 0.0556. The number of piperazine rings is 1. The van der Waals surface area contributed by atoms with Gasteiger partial charge in [-0.3, -0.25) is 14.5 Å². The third kappa shape index (κ3) is 7.93. The molecule has 0 saturated carbocycles. The monoisotopic (exact) mass is 527 g/mol. The fourth-order valence-electron chi connectivity index (χ4n) is 5.29. The van der Waals surface area contributed by atoms with E-state index in [2.05, 4.69) is 67.3 Å². The van der Waals surface area contributed by atoms with Crippen LogP contribution in [-0.4, -0.2) is 72.9 Å². The van der Waals surface area contributed by atoms with Gasteiger partial charge in [0.05, 0.1) is 19.6 Å². The molecule has 0 spiro atoms. The largest absolute Gasteiger partial charge is 0.497 e. The summed E-state index contributed by atoms with van der Waals surface area (Å²) in [7, 11) is 1.63. The number of methoxy groups -OCH3 is 1. The van der Waals surface area contributed by atoms with Crippen LogP contribution in [0.5, 0.6) is 5.75 Å². The second-order valence-corrected chi connectivity index (χ2v) is 10.6. The Kier molecular flexibility index (Phi) is 10.1. The Morgan fingerprint density at radius 3 is 1.90 bits per heavy atom. The predicted molar refractivity (Wildman–Crippen MR) is 156 cm³/mol. The highest BCUT2D eigenvalue weighted by molar-refractivity contribution is 5.80. The minimum Gasteiger partial charge on any atom is -0.497 e. The average Bonchev–Trinajstić information content (AvgIpc) is 2.97. The summed E-state index contributed by atoms with van der Waals surface area (Å²) in [6.07, 6.45) is 0.672. The van der Waals surface area contributed by atoms with E-state index in [1.54, 1.807) is 7.11 Å². The maximum absolute atomic E-state index is 13.2. The summed E-state index contributed by atoms with van der Waals surface area (Å²) in [6.45, 7) is 8.31. The molecule has 6 heteroatoms. The lowest BCUT2D eigenvalue weighted by Crippen LogP contribution is -2.50. The van der Waals surface area contributed by atoms with Gasteiger partial charge in [0.15, 0.2) is 0 Å². The summed E-state index contributed by atoms with van der Waals surface area (Å²) in [6, 6.07) is 28.9. The molecule has 0 radical (unpaired) electrons. The molecule has 2 amide bonds. The van der Waals surface area contributed by atoms with Gasteiger partial charge in [-0.1, -0.05) is 86.6 Å². The van der Waals surface area contributed by atoms with Gasteiger partial charge in [-0.2, -0.15) is 0 Å². The number of benzene rings is 3. The molecule has 6 nitrogen and oxygen atoms in total. The zero-order valence-corrected chi connectivity index (χ0v) is 23.5. The Morgan fingerprint density at radius 1 is 0.821 bits per heavy atom. The highest BCUT2D eigenvalue weighted by Crippen LogP contribution is 2.29. The lowest BCUT2D eigenvalue weighted by atomic mass is 9.96. The number of amides is 2. The summed E-state index contributed by atoms with van der Waals surface area (Å²) < 4.78 is 5.22. The lowest BCUT2D eigenvalue weighted by Gasteiger charge is -2.40. The molecule has 0 aliphatic carbocycles. The first-order valence-electron chi connectivity index (χ1n) is 14.0. The van der Waals surface area contributed by atoms with Crippen LogP contribution in [0.15, 0.2) is 84.9 Å². The molecule has 0 aromatic heterocycles. The fraction of sp³-hybridized carbons (Fsp3) is 0.394. The quantitative estimate of drug-likeness (QED) is 0.350. The fourth-order valence-corrected chi connectivity index (χ4v) is 5.29. The number of hydrogen-bond donors (Lipinski definition) is 0. The van der Waals surface area contributed by atoms with Crippen LogP contribution in [0.25, 0.3) is 0 Å². The number of carbonyl (C=O) groups is 2. The van der Waals surface area contributed by atoms with E-state index in [9.17, 15) is 9.59 Å². The Hall–Kier alpha value is -3.64. The van der Waals surface area contributed by atoms with Gasteiger partial charge in [0.2, 0.25) is 11.8 Å². The third-order valence-electron chi connectivity index (χ3n) is 7.31. The van der Waals surface area contributed by atoms with Crippen molar-refractivity contribution in [1.29, 1.82) is 0 Å². The summed E-state index contributed by atoms with van der Waals surface area (Å²) in [5.74, 6) is 1.28. The van der Waals surface area contributed by atoms with E-state index in [-0.39, 0.29) is 17.9 Å². The molecule has 0 bridgehead atoms. The smallest absolute Gasteiger partial charge is 0.227 e. The molecule has 0 atom stereocenters. The number of rotatable bonds is 11. The van der Waals surface area contributed by atoms with Gasteiger partial charge >= 0.3 is 0 Å². The van der Waals surface area contributed by atoms with Crippen molar-refractivity contribution in [1.82, 2.24) is 14.7 Å². The van der Waals surface area contributed by atoms with Gasteiger partial charge in [0.1, 0.15) is 5.75 Å².